The van der Waals surface area contributed by atoms with Gasteiger partial charge in [-0.3, -0.25) is 0 Å². The molecule has 4 aromatic rings. The lowest BCUT2D eigenvalue weighted by molar-refractivity contribution is 0.164. The second-order valence-electron chi connectivity index (χ2n) is 14.7. The summed E-state index contributed by atoms with van der Waals surface area (Å²) in [7, 11) is 4.30. The van der Waals surface area contributed by atoms with Crippen LogP contribution in [-0.4, -0.2) is 108 Å². The smallest absolute Gasteiger partial charge is 0.319 e. The second-order valence-corrected chi connectivity index (χ2v) is 14.7. The fourth-order valence-electron chi connectivity index (χ4n) is 8.47. The number of rotatable bonds is 7. The Labute approximate surface area is 279 Å². The maximum atomic E-state index is 17.1. The molecular formula is C37H40FN7O3. The molecule has 48 heavy (non-hydrogen) atoms. The van der Waals surface area contributed by atoms with Gasteiger partial charge >= 0.3 is 6.01 Å². The van der Waals surface area contributed by atoms with E-state index < -0.39 is 5.82 Å². The van der Waals surface area contributed by atoms with E-state index in [0.29, 0.717) is 58.4 Å². The van der Waals surface area contributed by atoms with Gasteiger partial charge in [-0.2, -0.15) is 9.97 Å². The number of phenolic OH excluding ortho intramolecular Hbond substituents is 1. The lowest BCUT2D eigenvalue weighted by Crippen LogP contribution is -2.60. The molecule has 0 unspecified atom stereocenters. The highest BCUT2D eigenvalue weighted by Crippen LogP contribution is 2.48. The molecule has 1 saturated carbocycles. The topological polar surface area (TPSA) is 99.1 Å². The van der Waals surface area contributed by atoms with Gasteiger partial charge in [0.1, 0.15) is 34.8 Å². The summed E-state index contributed by atoms with van der Waals surface area (Å²) in [6, 6.07) is 9.87. The molecule has 0 radical (unpaired) electrons. The molecule has 1 aliphatic carbocycles. The summed E-state index contributed by atoms with van der Waals surface area (Å²) >= 11 is 0. The number of aromatic hydroxyl groups is 1. The molecule has 4 atom stereocenters. The van der Waals surface area contributed by atoms with Gasteiger partial charge in [-0.1, -0.05) is 18.1 Å². The van der Waals surface area contributed by atoms with Crippen molar-refractivity contribution >= 4 is 27.5 Å². The number of benzene rings is 2. The van der Waals surface area contributed by atoms with Gasteiger partial charge < -0.3 is 34.6 Å². The first-order valence-electron chi connectivity index (χ1n) is 17.1. The van der Waals surface area contributed by atoms with Crippen molar-refractivity contribution in [3.63, 3.8) is 0 Å². The van der Waals surface area contributed by atoms with Gasteiger partial charge in [0.25, 0.3) is 0 Å². The van der Waals surface area contributed by atoms with E-state index in [4.69, 9.17) is 30.8 Å². The van der Waals surface area contributed by atoms with E-state index in [1.807, 2.05) is 12.1 Å². The Morgan fingerprint density at radius 3 is 2.81 bits per heavy atom. The van der Waals surface area contributed by atoms with Crippen LogP contribution >= 0.6 is 0 Å². The molecule has 10 nitrogen and oxygen atoms in total. The average Bonchev–Trinajstić information content (AvgIpc) is 3.54. The normalized spacial score (nSPS) is 25.6. The number of halogens is 1. The highest BCUT2D eigenvalue weighted by molar-refractivity contribution is 6.04. The van der Waals surface area contributed by atoms with Gasteiger partial charge in [0.15, 0.2) is 5.82 Å². The molecule has 11 heteroatoms. The van der Waals surface area contributed by atoms with Crippen LogP contribution in [0.4, 0.5) is 10.2 Å². The maximum Gasteiger partial charge on any atom is 0.319 e. The van der Waals surface area contributed by atoms with Crippen LogP contribution in [0.25, 0.3) is 32.9 Å². The van der Waals surface area contributed by atoms with Crippen molar-refractivity contribution < 1.29 is 19.0 Å². The van der Waals surface area contributed by atoms with Crippen LogP contribution in [0.1, 0.15) is 37.7 Å². The van der Waals surface area contributed by atoms with Crippen LogP contribution in [0.3, 0.4) is 0 Å². The third-order valence-corrected chi connectivity index (χ3v) is 11.3. The molecule has 2 bridgehead atoms. The molecule has 5 aliphatic rings. The third kappa shape index (κ3) is 4.92. The van der Waals surface area contributed by atoms with Crippen LogP contribution in [0.5, 0.6) is 17.6 Å². The molecule has 3 saturated heterocycles. The van der Waals surface area contributed by atoms with E-state index >= 15 is 4.39 Å². The number of aromatic nitrogens is 3. The Bertz CT molecular complexity index is 1990. The fraction of sp³-hybridized carbons (Fsp3) is 0.486. The highest BCUT2D eigenvalue weighted by atomic mass is 19.1. The summed E-state index contributed by atoms with van der Waals surface area (Å²) in [5.41, 5.74) is 1.11. The number of nitrogens with one attached hydrogen (secondary N) is 1. The zero-order valence-corrected chi connectivity index (χ0v) is 27.4. The zero-order chi connectivity index (χ0) is 32.7. The van der Waals surface area contributed by atoms with Gasteiger partial charge in [0, 0.05) is 59.7 Å². The van der Waals surface area contributed by atoms with Crippen LogP contribution in [0, 0.1) is 23.6 Å². The van der Waals surface area contributed by atoms with Crippen molar-refractivity contribution in [1.29, 1.82) is 0 Å². The van der Waals surface area contributed by atoms with E-state index in [1.54, 1.807) is 12.1 Å². The fourth-order valence-corrected chi connectivity index (χ4v) is 8.47. The van der Waals surface area contributed by atoms with Crippen molar-refractivity contribution in [2.75, 3.05) is 58.4 Å². The van der Waals surface area contributed by atoms with Gasteiger partial charge in [-0.15, -0.1) is 6.42 Å². The summed E-state index contributed by atoms with van der Waals surface area (Å²) in [6.07, 6.45) is 11.3. The quantitative estimate of drug-likeness (QED) is 0.284. The van der Waals surface area contributed by atoms with Gasteiger partial charge in [-0.05, 0) is 76.3 Å². The Morgan fingerprint density at radius 2 is 2.02 bits per heavy atom. The summed E-state index contributed by atoms with van der Waals surface area (Å²) in [5.74, 6) is 2.94. The van der Waals surface area contributed by atoms with Crippen molar-refractivity contribution in [2.24, 2.45) is 5.41 Å². The Morgan fingerprint density at radius 1 is 1.15 bits per heavy atom. The molecule has 248 valence electrons. The molecule has 2 aromatic heterocycles. The van der Waals surface area contributed by atoms with Crippen LogP contribution < -0.4 is 19.7 Å². The summed E-state index contributed by atoms with van der Waals surface area (Å²) in [4.78, 5) is 21.6. The number of pyridine rings is 1. The minimum Gasteiger partial charge on any atom is -0.508 e. The Kier molecular flexibility index (Phi) is 6.94. The van der Waals surface area contributed by atoms with E-state index in [1.165, 1.54) is 12.5 Å². The molecule has 6 heterocycles. The first-order valence-corrected chi connectivity index (χ1v) is 17.1. The van der Waals surface area contributed by atoms with E-state index in [2.05, 4.69) is 40.0 Å². The molecule has 0 amide bonds. The number of nitrogens with zero attached hydrogens (tertiary/aromatic N) is 6. The molecule has 0 spiro atoms. The third-order valence-electron chi connectivity index (χ3n) is 11.3. The predicted molar refractivity (Wildman–Crippen MR) is 182 cm³/mol. The largest absolute Gasteiger partial charge is 0.508 e. The number of likely N-dealkylation sites (tertiary alicyclic amines) is 1. The number of piperazine rings is 1. The molecule has 9 rings (SSSR count). The lowest BCUT2D eigenvalue weighted by Gasteiger charge is -2.40. The number of fused-ring (bicyclic) bond motifs is 6. The predicted octanol–water partition coefficient (Wildman–Crippen LogP) is 4.17. The second kappa shape index (κ2) is 11.2. The first-order chi connectivity index (χ1) is 23.3. The van der Waals surface area contributed by atoms with Crippen LogP contribution in [0.15, 0.2) is 30.3 Å². The van der Waals surface area contributed by atoms with Crippen LogP contribution in [0.2, 0.25) is 0 Å². The number of phenols is 1. The first kappa shape index (κ1) is 29.9. The molecule has 2 N–H and O–H groups in total. The van der Waals surface area contributed by atoms with Crippen molar-refractivity contribution in [1.82, 2.24) is 30.1 Å². The average molecular weight is 650 g/mol. The standard InChI is InChI=1S/C37H40FN7O3/c1-4-21-6-5-7-22-14-25(46)15-26(29(21)22)32-31(38)33-30-34(45-16-23-8-9-27(39-23)28(45)18-47-35(30)40-32)42-36(41-33)48-20-37(11-12-37)19-44-13-10-24(17-44)43(2)3/h1,5-7,14-15,23-24,27-28,39,46H,8-13,16-20H2,2-3H3/t23-,24+,27+,28-/m1/s1. The van der Waals surface area contributed by atoms with Gasteiger partial charge in [0.05, 0.1) is 12.6 Å². The van der Waals surface area contributed by atoms with Crippen LogP contribution in [-0.2, 0) is 0 Å². The number of ether oxygens (including phenoxy) is 2. The molecular weight excluding hydrogens is 609 g/mol. The Hall–Kier alpha value is -4.24. The lowest BCUT2D eigenvalue weighted by atomic mass is 9.96. The number of hydrogen-bond acceptors (Lipinski definition) is 10. The van der Waals surface area contributed by atoms with Gasteiger partial charge in [0.2, 0.25) is 5.88 Å². The minimum atomic E-state index is -0.630. The molecule has 4 fully saturated rings. The van der Waals surface area contributed by atoms with Crippen molar-refractivity contribution in [2.45, 2.75) is 56.3 Å². The van der Waals surface area contributed by atoms with Crippen molar-refractivity contribution in [3.05, 3.63) is 41.7 Å². The SMILES string of the molecule is C#Cc1cccc2cc(O)cc(-c3nc4c5c(nc(OCC6(CN7CC[C@H](N(C)C)C7)CC6)nc5c3F)N3C[C@H]5CC[C@H](N5)[C@H]3CO4)c12. The maximum absolute atomic E-state index is 17.1. The number of terminal acetylenes is 1. The monoisotopic (exact) mass is 649 g/mol. The van der Waals surface area contributed by atoms with Gasteiger partial charge in [-0.25, -0.2) is 9.37 Å². The summed E-state index contributed by atoms with van der Waals surface area (Å²) < 4.78 is 30.0. The Balaban J connectivity index is 1.15. The summed E-state index contributed by atoms with van der Waals surface area (Å²) in [5, 5.41) is 16.2. The number of anilines is 1. The highest BCUT2D eigenvalue weighted by Gasteiger charge is 2.47. The van der Waals surface area contributed by atoms with Crippen molar-refractivity contribution in [3.8, 4) is 41.2 Å². The molecule has 4 aliphatic heterocycles. The van der Waals surface area contributed by atoms with E-state index in [0.717, 1.165) is 51.9 Å². The minimum absolute atomic E-state index is 0.000336. The molecule has 2 aromatic carbocycles. The summed E-state index contributed by atoms with van der Waals surface area (Å²) in [6.45, 7) is 4.70. The van der Waals surface area contributed by atoms with E-state index in [-0.39, 0.29) is 46.3 Å². The zero-order valence-electron chi connectivity index (χ0n) is 27.4. The van der Waals surface area contributed by atoms with E-state index in [9.17, 15) is 5.11 Å². The number of likely N-dealkylation sites (N-methyl/N-ethyl adjacent to an activating group) is 1. The number of hydrogen-bond donors (Lipinski definition) is 2.